The quantitative estimate of drug-likeness (QED) is 0.559. The zero-order chi connectivity index (χ0) is 8.27. The Hall–Kier alpha value is -0.930. The Morgan fingerprint density at radius 3 is 2.82 bits per heavy atom. The number of hydrogen-bond donors (Lipinski definition) is 0. The van der Waals surface area contributed by atoms with Crippen LogP contribution in [0.5, 0.6) is 0 Å². The summed E-state index contributed by atoms with van der Waals surface area (Å²) in [6.07, 6.45) is 5.22. The molecular weight excluding hydrogens is 156 g/mol. The number of hydrogen-bond acceptors (Lipinski definition) is 0. The fourth-order valence-electron chi connectivity index (χ4n) is 0.805. The Morgan fingerprint density at radius 1 is 1.55 bits per heavy atom. The molecule has 0 atom stereocenters. The summed E-state index contributed by atoms with van der Waals surface area (Å²) in [5.74, 6) is 3.48. The Bertz CT molecular complexity index is 283. The molecule has 0 aliphatic heterocycles. The summed E-state index contributed by atoms with van der Waals surface area (Å²) < 4.78 is 0. The van der Waals surface area contributed by atoms with E-state index in [-0.39, 0.29) is 0 Å². The Kier molecular flexibility index (Phi) is 2.57. The molecule has 0 aromatic heterocycles. The molecule has 1 heteroatoms. The van der Waals surface area contributed by atoms with Gasteiger partial charge in [0.15, 0.2) is 0 Å². The van der Waals surface area contributed by atoms with Gasteiger partial charge in [-0.15, -0.1) is 6.42 Å². The lowest BCUT2D eigenvalue weighted by molar-refractivity contribution is 1.29. The maximum absolute atomic E-state index is 5.76. The first-order valence-corrected chi connectivity index (χ1v) is 3.68. The second-order valence-electron chi connectivity index (χ2n) is 2.28. The molecule has 0 saturated carbocycles. The van der Waals surface area contributed by atoms with Gasteiger partial charge in [0, 0.05) is 5.02 Å². The second-order valence-corrected chi connectivity index (χ2v) is 2.72. The van der Waals surface area contributed by atoms with Crippen molar-refractivity contribution >= 4 is 11.6 Å². The van der Waals surface area contributed by atoms with Crippen molar-refractivity contribution in [2.24, 2.45) is 0 Å². The zero-order valence-electron chi connectivity index (χ0n) is 6.26. The van der Waals surface area contributed by atoms with Crippen LogP contribution in [0.3, 0.4) is 0 Å². The third-order valence-electron chi connectivity index (χ3n) is 1.47. The molecule has 0 amide bonds. The van der Waals surface area contributed by atoms with Crippen LogP contribution >= 0.6 is 11.6 Å². The molecule has 11 heavy (non-hydrogen) atoms. The predicted molar refractivity (Wildman–Crippen MR) is 48.3 cm³/mol. The molecule has 0 aliphatic rings. The molecule has 1 aromatic rings. The van der Waals surface area contributed by atoms with Crippen molar-refractivity contribution in [1.82, 2.24) is 0 Å². The Balaban J connectivity index is 2.98. The second kappa shape index (κ2) is 3.46. The van der Waals surface area contributed by atoms with Gasteiger partial charge in [-0.2, -0.15) is 0 Å². The molecule has 0 fully saturated rings. The van der Waals surface area contributed by atoms with Crippen molar-refractivity contribution in [1.29, 1.82) is 0 Å². The topological polar surface area (TPSA) is 0 Å². The van der Waals surface area contributed by atoms with Crippen LogP contribution in [0, 0.1) is 18.3 Å². The first-order valence-electron chi connectivity index (χ1n) is 3.30. The predicted octanol–water partition coefficient (Wildman–Crippen LogP) is 2.92. The van der Waals surface area contributed by atoms with E-state index in [1.54, 1.807) is 0 Å². The third kappa shape index (κ3) is 2.00. The molecule has 1 rings (SSSR count). The van der Waals surface area contributed by atoms with E-state index in [0.29, 0.717) is 0 Å². The first kappa shape index (κ1) is 8.17. The summed E-state index contributed by atoms with van der Waals surface area (Å²) in [6.45, 7) is 1.89. The van der Waals surface area contributed by atoms with Gasteiger partial charge in [0.05, 0.1) is 5.92 Å². The summed E-state index contributed by atoms with van der Waals surface area (Å²) in [5, 5.41) is 0.720. The van der Waals surface area contributed by atoms with E-state index in [9.17, 15) is 0 Å². The van der Waals surface area contributed by atoms with E-state index in [4.69, 9.17) is 18.0 Å². The average molecular weight is 164 g/mol. The van der Waals surface area contributed by atoms with Crippen molar-refractivity contribution in [3.63, 3.8) is 0 Å². The van der Waals surface area contributed by atoms with E-state index in [0.717, 1.165) is 16.5 Å². The molecule has 0 aliphatic carbocycles. The van der Waals surface area contributed by atoms with Crippen molar-refractivity contribution in [2.75, 3.05) is 0 Å². The van der Waals surface area contributed by atoms with E-state index in [2.05, 4.69) is 5.92 Å². The maximum atomic E-state index is 5.76. The SMILES string of the molecule is C#C[C](C)c1cccc(Cl)c1. The molecule has 0 nitrogen and oxygen atoms in total. The van der Waals surface area contributed by atoms with E-state index >= 15 is 0 Å². The smallest absolute Gasteiger partial charge is 0.0735 e. The fourth-order valence-corrected chi connectivity index (χ4v) is 0.995. The largest absolute Gasteiger partial charge is 0.119 e. The normalized spacial score (nSPS) is 9.64. The number of benzene rings is 1. The van der Waals surface area contributed by atoms with E-state index < -0.39 is 0 Å². The summed E-state index contributed by atoms with van der Waals surface area (Å²) in [7, 11) is 0. The molecular formula is C10H8Cl. The molecule has 0 spiro atoms. The van der Waals surface area contributed by atoms with Gasteiger partial charge in [0.1, 0.15) is 0 Å². The van der Waals surface area contributed by atoms with Crippen molar-refractivity contribution in [2.45, 2.75) is 6.92 Å². The van der Waals surface area contributed by atoms with Crippen LogP contribution in [0.4, 0.5) is 0 Å². The summed E-state index contributed by atoms with van der Waals surface area (Å²) >= 11 is 5.76. The highest BCUT2D eigenvalue weighted by atomic mass is 35.5. The van der Waals surface area contributed by atoms with Crippen LogP contribution < -0.4 is 0 Å². The lowest BCUT2D eigenvalue weighted by Crippen LogP contribution is -1.88. The molecule has 55 valence electrons. The number of terminal acetylenes is 1. The number of rotatable bonds is 1. The van der Waals surface area contributed by atoms with Gasteiger partial charge in [-0.05, 0) is 24.6 Å². The highest BCUT2D eigenvalue weighted by molar-refractivity contribution is 6.30. The fraction of sp³-hybridized carbons (Fsp3) is 0.100. The van der Waals surface area contributed by atoms with Gasteiger partial charge >= 0.3 is 0 Å². The van der Waals surface area contributed by atoms with Gasteiger partial charge in [-0.3, -0.25) is 0 Å². The van der Waals surface area contributed by atoms with Gasteiger partial charge in [0.25, 0.3) is 0 Å². The lowest BCUT2D eigenvalue weighted by atomic mass is 10.0. The third-order valence-corrected chi connectivity index (χ3v) is 1.71. The Morgan fingerprint density at radius 2 is 2.27 bits per heavy atom. The van der Waals surface area contributed by atoms with Crippen molar-refractivity contribution < 1.29 is 0 Å². The molecule has 0 N–H and O–H groups in total. The van der Waals surface area contributed by atoms with Gasteiger partial charge in [-0.25, -0.2) is 0 Å². The van der Waals surface area contributed by atoms with Gasteiger partial charge in [-0.1, -0.05) is 29.7 Å². The number of halogens is 1. The molecule has 1 aromatic carbocycles. The van der Waals surface area contributed by atoms with Gasteiger partial charge < -0.3 is 0 Å². The minimum atomic E-state index is 0.720. The van der Waals surface area contributed by atoms with Crippen LogP contribution in [0.1, 0.15) is 12.5 Å². The Labute approximate surface area is 72.2 Å². The highest BCUT2D eigenvalue weighted by Crippen LogP contribution is 2.17. The van der Waals surface area contributed by atoms with Crippen LogP contribution in [0.15, 0.2) is 24.3 Å². The minimum Gasteiger partial charge on any atom is -0.119 e. The van der Waals surface area contributed by atoms with Crippen LogP contribution in [-0.4, -0.2) is 0 Å². The molecule has 1 radical (unpaired) electrons. The summed E-state index contributed by atoms with van der Waals surface area (Å²) in [6, 6.07) is 7.52. The minimum absolute atomic E-state index is 0.720. The molecule has 0 unspecified atom stereocenters. The van der Waals surface area contributed by atoms with Crippen LogP contribution in [-0.2, 0) is 0 Å². The molecule has 0 bridgehead atoms. The summed E-state index contributed by atoms with van der Waals surface area (Å²) in [5.41, 5.74) is 1.01. The van der Waals surface area contributed by atoms with Gasteiger partial charge in [0.2, 0.25) is 0 Å². The molecule has 0 heterocycles. The first-order chi connectivity index (χ1) is 5.24. The standard InChI is InChI=1S/C10H8Cl/c1-3-8(2)9-5-4-6-10(11)7-9/h1,4-7H,2H3. The lowest BCUT2D eigenvalue weighted by Gasteiger charge is -2.02. The average Bonchev–Trinajstić information content (AvgIpc) is 2.03. The van der Waals surface area contributed by atoms with Crippen LogP contribution in [0.25, 0.3) is 0 Å². The summed E-state index contributed by atoms with van der Waals surface area (Å²) in [4.78, 5) is 0. The van der Waals surface area contributed by atoms with Crippen molar-refractivity contribution in [3.8, 4) is 12.3 Å². The van der Waals surface area contributed by atoms with E-state index in [1.807, 2.05) is 31.2 Å². The zero-order valence-corrected chi connectivity index (χ0v) is 7.02. The monoisotopic (exact) mass is 163 g/mol. The van der Waals surface area contributed by atoms with E-state index in [1.165, 1.54) is 0 Å². The van der Waals surface area contributed by atoms with Crippen molar-refractivity contribution in [3.05, 3.63) is 40.8 Å². The highest BCUT2D eigenvalue weighted by Gasteiger charge is 2.01. The molecule has 0 saturated heterocycles. The maximum Gasteiger partial charge on any atom is 0.0735 e. The van der Waals surface area contributed by atoms with Crippen LogP contribution in [0.2, 0.25) is 5.02 Å².